The second kappa shape index (κ2) is 7.27. The Labute approximate surface area is 111 Å². The number of nitrogens with one attached hydrogen (secondary N) is 1. The van der Waals surface area contributed by atoms with Crippen molar-refractivity contribution in [3.63, 3.8) is 0 Å². The number of non-ortho nitro benzene ring substituents is 1. The number of carbonyl (C=O) groups is 1. The monoisotopic (exact) mass is 263 g/mol. The normalized spacial score (nSPS) is 12.3. The number of amides is 1. The summed E-state index contributed by atoms with van der Waals surface area (Å²) in [5.74, 6) is -0.226. The highest BCUT2D eigenvalue weighted by Gasteiger charge is 2.05. The van der Waals surface area contributed by atoms with Gasteiger partial charge in [0.05, 0.1) is 4.92 Å². The molecule has 3 N–H and O–H groups in total. The van der Waals surface area contributed by atoms with Crippen LogP contribution in [0.5, 0.6) is 0 Å². The first-order chi connectivity index (χ1) is 9.06. The van der Waals surface area contributed by atoms with Crippen LogP contribution in [0.3, 0.4) is 0 Å². The first-order valence-electron chi connectivity index (χ1n) is 6.00. The molecule has 0 saturated carbocycles. The van der Waals surface area contributed by atoms with E-state index in [9.17, 15) is 14.9 Å². The molecule has 0 aromatic heterocycles. The minimum Gasteiger partial charge on any atom is -0.349 e. The summed E-state index contributed by atoms with van der Waals surface area (Å²) in [7, 11) is 0. The van der Waals surface area contributed by atoms with Crippen LogP contribution in [0.2, 0.25) is 0 Å². The molecular weight excluding hydrogens is 246 g/mol. The lowest BCUT2D eigenvalue weighted by atomic mass is 10.2. The second-order valence-electron chi connectivity index (χ2n) is 4.03. The van der Waals surface area contributed by atoms with Gasteiger partial charge < -0.3 is 11.1 Å². The van der Waals surface area contributed by atoms with Crippen LogP contribution >= 0.6 is 0 Å². The van der Waals surface area contributed by atoms with Crippen molar-refractivity contribution in [1.82, 2.24) is 5.32 Å². The van der Waals surface area contributed by atoms with Crippen molar-refractivity contribution in [2.24, 2.45) is 5.73 Å². The van der Waals surface area contributed by atoms with E-state index >= 15 is 0 Å². The van der Waals surface area contributed by atoms with Gasteiger partial charge in [-0.15, -0.1) is 0 Å². The van der Waals surface area contributed by atoms with Crippen molar-refractivity contribution in [3.05, 3.63) is 46.0 Å². The minimum atomic E-state index is -0.465. The molecule has 102 valence electrons. The van der Waals surface area contributed by atoms with Gasteiger partial charge in [0, 0.05) is 30.8 Å². The third-order valence-electron chi connectivity index (χ3n) is 2.65. The Kier molecular flexibility index (Phi) is 5.69. The number of nitrogens with zero attached hydrogens (tertiary/aromatic N) is 1. The molecule has 1 aromatic rings. The van der Waals surface area contributed by atoms with Gasteiger partial charge in [0.2, 0.25) is 5.91 Å². The summed E-state index contributed by atoms with van der Waals surface area (Å²) in [6, 6.07) is 5.93. The molecule has 0 aliphatic carbocycles. The van der Waals surface area contributed by atoms with Gasteiger partial charge in [-0.25, -0.2) is 0 Å². The lowest BCUT2D eigenvalue weighted by Gasteiger charge is -2.12. The van der Waals surface area contributed by atoms with E-state index in [4.69, 9.17) is 5.73 Å². The summed E-state index contributed by atoms with van der Waals surface area (Å²) in [5, 5.41) is 13.2. The van der Waals surface area contributed by atoms with Gasteiger partial charge in [0.1, 0.15) is 0 Å². The van der Waals surface area contributed by atoms with Crippen LogP contribution in [-0.4, -0.2) is 23.4 Å². The average Bonchev–Trinajstić information content (AvgIpc) is 2.43. The highest BCUT2D eigenvalue weighted by atomic mass is 16.6. The Morgan fingerprint density at radius 2 is 2.11 bits per heavy atom. The molecule has 0 bridgehead atoms. The van der Waals surface area contributed by atoms with Crippen LogP contribution < -0.4 is 11.1 Å². The number of carbonyl (C=O) groups excluding carboxylic acids is 1. The van der Waals surface area contributed by atoms with Crippen LogP contribution in [-0.2, 0) is 4.79 Å². The van der Waals surface area contributed by atoms with Crippen LogP contribution in [0.4, 0.5) is 5.69 Å². The van der Waals surface area contributed by atoms with Crippen molar-refractivity contribution in [1.29, 1.82) is 0 Å². The molecule has 6 nitrogen and oxygen atoms in total. The highest BCUT2D eigenvalue weighted by molar-refractivity contribution is 5.91. The van der Waals surface area contributed by atoms with Gasteiger partial charge in [-0.3, -0.25) is 14.9 Å². The van der Waals surface area contributed by atoms with E-state index in [2.05, 4.69) is 5.32 Å². The number of nitro benzene ring substituents is 1. The molecular formula is C13H17N3O3. The van der Waals surface area contributed by atoms with E-state index in [1.165, 1.54) is 18.2 Å². The Morgan fingerprint density at radius 3 is 2.58 bits per heavy atom. The Morgan fingerprint density at radius 1 is 1.47 bits per heavy atom. The number of benzene rings is 1. The fraction of sp³-hybridized carbons (Fsp3) is 0.308. The van der Waals surface area contributed by atoms with Crippen molar-refractivity contribution in [3.8, 4) is 0 Å². The Hall–Kier alpha value is -2.21. The number of nitro groups is 1. The number of hydrogen-bond donors (Lipinski definition) is 2. The molecule has 0 heterocycles. The first kappa shape index (κ1) is 14.8. The fourth-order valence-electron chi connectivity index (χ4n) is 1.46. The van der Waals surface area contributed by atoms with Crippen molar-refractivity contribution in [2.75, 3.05) is 6.54 Å². The summed E-state index contributed by atoms with van der Waals surface area (Å²) < 4.78 is 0. The molecule has 0 aliphatic heterocycles. The van der Waals surface area contributed by atoms with Crippen LogP contribution in [0, 0.1) is 10.1 Å². The van der Waals surface area contributed by atoms with Gasteiger partial charge >= 0.3 is 0 Å². The summed E-state index contributed by atoms with van der Waals surface area (Å²) in [6.45, 7) is 2.34. The lowest BCUT2D eigenvalue weighted by Crippen LogP contribution is -2.38. The second-order valence-corrected chi connectivity index (χ2v) is 4.03. The SMILES string of the molecule is CCC(CN)NC(=O)/C=C/c1ccc([N+](=O)[O-])cc1. The minimum absolute atomic E-state index is 0.0239. The number of rotatable bonds is 6. The largest absolute Gasteiger partial charge is 0.349 e. The van der Waals surface area contributed by atoms with Crippen LogP contribution in [0.25, 0.3) is 6.08 Å². The third-order valence-corrected chi connectivity index (χ3v) is 2.65. The topological polar surface area (TPSA) is 98.3 Å². The zero-order valence-electron chi connectivity index (χ0n) is 10.7. The predicted molar refractivity (Wildman–Crippen MR) is 73.4 cm³/mol. The van der Waals surface area contributed by atoms with Crippen LogP contribution in [0.1, 0.15) is 18.9 Å². The molecule has 0 saturated heterocycles. The standard InChI is InChI=1S/C13H17N3O3/c1-2-11(9-14)15-13(17)8-5-10-3-6-12(7-4-10)16(18)19/h3-8,11H,2,9,14H2,1H3,(H,15,17)/b8-5+. The van der Waals surface area contributed by atoms with Crippen LogP contribution in [0.15, 0.2) is 30.3 Å². The van der Waals surface area contributed by atoms with E-state index in [0.29, 0.717) is 6.54 Å². The fourth-order valence-corrected chi connectivity index (χ4v) is 1.46. The van der Waals surface area contributed by atoms with Gasteiger partial charge in [-0.2, -0.15) is 0 Å². The number of nitrogens with two attached hydrogens (primary N) is 1. The Bertz CT molecular complexity index is 465. The predicted octanol–water partition coefficient (Wildman–Crippen LogP) is 1.46. The molecule has 1 atom stereocenters. The smallest absolute Gasteiger partial charge is 0.269 e. The van der Waals surface area contributed by atoms with E-state index in [-0.39, 0.29) is 17.6 Å². The quantitative estimate of drug-likeness (QED) is 0.461. The summed E-state index contributed by atoms with van der Waals surface area (Å²) in [6.07, 6.45) is 3.76. The lowest BCUT2D eigenvalue weighted by molar-refractivity contribution is -0.384. The molecule has 0 fully saturated rings. The van der Waals surface area contributed by atoms with Crippen molar-refractivity contribution in [2.45, 2.75) is 19.4 Å². The van der Waals surface area contributed by atoms with E-state index in [1.807, 2.05) is 6.92 Å². The molecule has 0 spiro atoms. The molecule has 19 heavy (non-hydrogen) atoms. The maximum atomic E-state index is 11.6. The molecule has 1 amide bonds. The maximum Gasteiger partial charge on any atom is 0.269 e. The van der Waals surface area contributed by atoms with E-state index < -0.39 is 4.92 Å². The third kappa shape index (κ3) is 4.89. The van der Waals surface area contributed by atoms with Crippen molar-refractivity contribution >= 4 is 17.7 Å². The molecule has 0 radical (unpaired) electrons. The molecule has 1 rings (SSSR count). The average molecular weight is 263 g/mol. The maximum absolute atomic E-state index is 11.6. The first-order valence-corrected chi connectivity index (χ1v) is 6.00. The number of hydrogen-bond acceptors (Lipinski definition) is 4. The van der Waals surface area contributed by atoms with Gasteiger partial charge in [0.15, 0.2) is 0 Å². The molecule has 1 unspecified atom stereocenters. The summed E-state index contributed by atoms with van der Waals surface area (Å²) in [4.78, 5) is 21.6. The summed E-state index contributed by atoms with van der Waals surface area (Å²) in [5.41, 5.74) is 6.23. The van der Waals surface area contributed by atoms with E-state index in [1.54, 1.807) is 18.2 Å². The zero-order chi connectivity index (χ0) is 14.3. The molecule has 0 aliphatic rings. The molecule has 1 aromatic carbocycles. The van der Waals surface area contributed by atoms with Crippen molar-refractivity contribution < 1.29 is 9.72 Å². The van der Waals surface area contributed by atoms with Gasteiger partial charge in [0.25, 0.3) is 5.69 Å². The highest BCUT2D eigenvalue weighted by Crippen LogP contribution is 2.12. The summed E-state index contributed by atoms with van der Waals surface area (Å²) >= 11 is 0. The van der Waals surface area contributed by atoms with E-state index in [0.717, 1.165) is 12.0 Å². The zero-order valence-corrected chi connectivity index (χ0v) is 10.7. The molecule has 6 heteroatoms. The Balaban J connectivity index is 2.61. The van der Waals surface area contributed by atoms with Gasteiger partial charge in [-0.1, -0.05) is 6.92 Å². The van der Waals surface area contributed by atoms with Gasteiger partial charge in [-0.05, 0) is 30.2 Å².